The van der Waals surface area contributed by atoms with Crippen molar-refractivity contribution in [1.82, 2.24) is 9.88 Å². The maximum Gasteiger partial charge on any atom is 0.270 e. The molecule has 31 heavy (non-hydrogen) atoms. The summed E-state index contributed by atoms with van der Waals surface area (Å²) in [6.07, 6.45) is 0.693. The second-order valence-corrected chi connectivity index (χ2v) is 8.25. The summed E-state index contributed by atoms with van der Waals surface area (Å²) in [5.41, 5.74) is 0.541. The first-order valence-corrected chi connectivity index (χ1v) is 10.4. The van der Waals surface area contributed by atoms with Crippen molar-refractivity contribution in [2.75, 3.05) is 39.2 Å². The van der Waals surface area contributed by atoms with E-state index >= 15 is 0 Å². The zero-order valence-electron chi connectivity index (χ0n) is 17.2. The molecule has 0 aliphatic rings. The number of para-hydroxylation sites is 1. The van der Waals surface area contributed by atoms with Gasteiger partial charge < -0.3 is 9.64 Å². The predicted octanol–water partition coefficient (Wildman–Crippen LogP) is 4.89. The van der Waals surface area contributed by atoms with Crippen LogP contribution in [0.4, 0.5) is 10.8 Å². The average Bonchev–Trinajstić information content (AvgIpc) is 3.14. The lowest BCUT2D eigenvalue weighted by atomic mass is 10.1. The molecule has 3 aromatic rings. The van der Waals surface area contributed by atoms with Crippen molar-refractivity contribution in [3.05, 3.63) is 57.1 Å². The van der Waals surface area contributed by atoms with E-state index in [9.17, 15) is 14.9 Å². The first-order chi connectivity index (χ1) is 14.3. The molecule has 1 heterocycles. The molecule has 8 nitrogen and oxygen atoms in total. The topological polar surface area (TPSA) is 88.8 Å². The van der Waals surface area contributed by atoms with Crippen LogP contribution < -0.4 is 9.64 Å². The number of methoxy groups -OCH3 is 1. The number of thiazole rings is 1. The van der Waals surface area contributed by atoms with Crippen LogP contribution in [0.1, 0.15) is 16.8 Å². The number of benzene rings is 2. The van der Waals surface area contributed by atoms with Crippen molar-refractivity contribution in [3.8, 4) is 5.75 Å². The first-order valence-electron chi connectivity index (χ1n) is 9.16. The number of ether oxygens (including phenoxy) is 1. The Kier molecular flexibility index (Phi) is 8.58. The second kappa shape index (κ2) is 10.7. The number of carbonyl (C=O) groups is 1. The van der Waals surface area contributed by atoms with Gasteiger partial charge in [-0.15, -0.1) is 12.4 Å². The van der Waals surface area contributed by atoms with Crippen LogP contribution in [0.15, 0.2) is 36.4 Å². The van der Waals surface area contributed by atoms with Crippen LogP contribution in [-0.2, 0) is 0 Å². The summed E-state index contributed by atoms with van der Waals surface area (Å²) in [5, 5.41) is 11.8. The van der Waals surface area contributed by atoms with Crippen molar-refractivity contribution >= 4 is 62.3 Å². The van der Waals surface area contributed by atoms with Gasteiger partial charge in [-0.2, -0.15) is 0 Å². The van der Waals surface area contributed by atoms with E-state index in [0.717, 1.165) is 11.2 Å². The number of rotatable bonds is 8. The molecule has 3 rings (SSSR count). The molecule has 0 bridgehead atoms. The van der Waals surface area contributed by atoms with Crippen LogP contribution in [0.5, 0.6) is 5.75 Å². The molecule has 0 fully saturated rings. The highest BCUT2D eigenvalue weighted by Crippen LogP contribution is 2.35. The van der Waals surface area contributed by atoms with Crippen LogP contribution in [0.3, 0.4) is 0 Å². The molecule has 0 radical (unpaired) electrons. The molecule has 166 valence electrons. The van der Waals surface area contributed by atoms with Crippen molar-refractivity contribution in [3.63, 3.8) is 0 Å². The second-order valence-electron chi connectivity index (χ2n) is 6.84. The number of hydrogen-bond donors (Lipinski definition) is 0. The number of hydrogen-bond acceptors (Lipinski definition) is 7. The van der Waals surface area contributed by atoms with E-state index in [1.165, 1.54) is 34.4 Å². The number of halogens is 2. The Bertz CT molecular complexity index is 1090. The number of carbonyl (C=O) groups excluding carboxylic acids is 1. The highest BCUT2D eigenvalue weighted by Gasteiger charge is 2.25. The number of non-ortho nitro benzene ring substituents is 1. The van der Waals surface area contributed by atoms with Crippen molar-refractivity contribution in [2.45, 2.75) is 6.42 Å². The fourth-order valence-electron chi connectivity index (χ4n) is 2.96. The van der Waals surface area contributed by atoms with Crippen LogP contribution in [0.2, 0.25) is 5.02 Å². The Hall–Kier alpha value is -2.46. The molecule has 0 aliphatic heterocycles. The van der Waals surface area contributed by atoms with Gasteiger partial charge in [0.2, 0.25) is 0 Å². The fraction of sp³-hybridized carbons (Fsp3) is 0.300. The molecule has 1 amide bonds. The van der Waals surface area contributed by atoms with E-state index in [4.69, 9.17) is 16.3 Å². The molecule has 0 saturated heterocycles. The number of nitrogens with zero attached hydrogens (tertiary/aromatic N) is 4. The monoisotopic (exact) mass is 484 g/mol. The smallest absolute Gasteiger partial charge is 0.270 e. The Balaban J connectivity index is 0.00000341. The summed E-state index contributed by atoms with van der Waals surface area (Å²) in [6.45, 7) is 1.15. The molecule has 0 spiro atoms. The van der Waals surface area contributed by atoms with Gasteiger partial charge in [-0.05, 0) is 45.3 Å². The number of anilines is 1. The van der Waals surface area contributed by atoms with E-state index in [1.54, 1.807) is 7.11 Å². The lowest BCUT2D eigenvalue weighted by Gasteiger charge is -2.21. The Morgan fingerprint density at radius 3 is 2.65 bits per heavy atom. The van der Waals surface area contributed by atoms with Gasteiger partial charge in [-0.25, -0.2) is 4.98 Å². The van der Waals surface area contributed by atoms with Gasteiger partial charge in [0, 0.05) is 18.7 Å². The van der Waals surface area contributed by atoms with Crippen molar-refractivity contribution in [2.24, 2.45) is 0 Å². The third kappa shape index (κ3) is 5.62. The Morgan fingerprint density at radius 2 is 2.00 bits per heavy atom. The third-order valence-electron chi connectivity index (χ3n) is 4.44. The average molecular weight is 485 g/mol. The van der Waals surface area contributed by atoms with E-state index in [-0.39, 0.29) is 28.7 Å². The molecule has 1 aromatic heterocycles. The summed E-state index contributed by atoms with van der Waals surface area (Å²) < 4.78 is 6.25. The molecule has 0 atom stereocenters. The molecular formula is C20H22Cl2N4O4S. The highest BCUT2D eigenvalue weighted by molar-refractivity contribution is 7.22. The number of fused-ring (bicyclic) bond motifs is 1. The number of nitro benzene ring substituents is 1. The van der Waals surface area contributed by atoms with Gasteiger partial charge in [0.15, 0.2) is 5.13 Å². The lowest BCUT2D eigenvalue weighted by Crippen LogP contribution is -2.33. The Morgan fingerprint density at radius 1 is 1.26 bits per heavy atom. The Labute approximate surface area is 194 Å². The summed E-state index contributed by atoms with van der Waals surface area (Å²) in [7, 11) is 5.47. The SMILES string of the molecule is COc1cccc2sc(N(CCCN(C)C)C(=O)c3cc([N+](=O)[O-])ccc3Cl)nc12.Cl. The quantitative estimate of drug-likeness (QED) is 0.334. The minimum absolute atomic E-state index is 0. The third-order valence-corrected chi connectivity index (χ3v) is 5.82. The minimum atomic E-state index is -0.550. The number of amides is 1. The zero-order chi connectivity index (χ0) is 21.8. The van der Waals surface area contributed by atoms with Crippen LogP contribution in [0.25, 0.3) is 10.2 Å². The van der Waals surface area contributed by atoms with Crippen LogP contribution in [0, 0.1) is 10.1 Å². The van der Waals surface area contributed by atoms with Crippen LogP contribution >= 0.6 is 35.3 Å². The molecule has 0 unspecified atom stereocenters. The highest BCUT2D eigenvalue weighted by atomic mass is 35.5. The van der Waals surface area contributed by atoms with Gasteiger partial charge in [0.25, 0.3) is 11.6 Å². The van der Waals surface area contributed by atoms with Crippen LogP contribution in [-0.4, -0.2) is 55.0 Å². The normalized spacial score (nSPS) is 10.7. The van der Waals surface area contributed by atoms with E-state index in [0.29, 0.717) is 29.4 Å². The molecule has 11 heteroatoms. The van der Waals surface area contributed by atoms with Crippen molar-refractivity contribution < 1.29 is 14.5 Å². The standard InChI is InChI=1S/C20H21ClN4O4S.ClH/c1-23(2)10-5-11-24(19(26)14-12-13(25(27)28)8-9-15(14)21)20-22-18-16(29-3)6-4-7-17(18)30-20;/h4,6-9,12H,5,10-11H2,1-3H3;1H. The summed E-state index contributed by atoms with van der Waals surface area (Å²) >= 11 is 7.58. The maximum atomic E-state index is 13.4. The minimum Gasteiger partial charge on any atom is -0.494 e. The van der Waals surface area contributed by atoms with Gasteiger partial charge in [0.05, 0.1) is 27.3 Å². The first kappa shape index (κ1) is 24.8. The largest absolute Gasteiger partial charge is 0.494 e. The zero-order valence-corrected chi connectivity index (χ0v) is 19.6. The van der Waals surface area contributed by atoms with E-state index in [1.807, 2.05) is 37.2 Å². The number of aromatic nitrogens is 1. The maximum absolute atomic E-state index is 13.4. The van der Waals surface area contributed by atoms with Gasteiger partial charge in [-0.3, -0.25) is 19.8 Å². The molecular weight excluding hydrogens is 463 g/mol. The lowest BCUT2D eigenvalue weighted by molar-refractivity contribution is -0.384. The van der Waals surface area contributed by atoms with Gasteiger partial charge in [-0.1, -0.05) is 29.0 Å². The molecule has 0 saturated carbocycles. The van der Waals surface area contributed by atoms with E-state index < -0.39 is 10.8 Å². The van der Waals surface area contributed by atoms with Gasteiger partial charge in [0.1, 0.15) is 11.3 Å². The van der Waals surface area contributed by atoms with Gasteiger partial charge >= 0.3 is 0 Å². The number of nitro groups is 1. The molecule has 0 N–H and O–H groups in total. The summed E-state index contributed by atoms with van der Waals surface area (Å²) in [4.78, 5) is 32.2. The van der Waals surface area contributed by atoms with Crippen molar-refractivity contribution in [1.29, 1.82) is 0 Å². The molecule has 0 aliphatic carbocycles. The predicted molar refractivity (Wildman–Crippen MR) is 126 cm³/mol. The summed E-state index contributed by atoms with van der Waals surface area (Å²) in [6, 6.07) is 9.42. The summed E-state index contributed by atoms with van der Waals surface area (Å²) in [5.74, 6) is 0.185. The fourth-order valence-corrected chi connectivity index (χ4v) is 4.16. The van der Waals surface area contributed by atoms with E-state index in [2.05, 4.69) is 4.98 Å². The molecule has 2 aromatic carbocycles.